The normalized spacial score (nSPS) is 13.1. The van der Waals surface area contributed by atoms with Crippen LogP contribution in [0.3, 0.4) is 0 Å². The Labute approximate surface area is 365 Å². The number of unbranched alkanes of at least 4 members (excludes halogenated alkanes) is 22. The Morgan fingerprint density at radius 2 is 1.12 bits per heavy atom. The maximum absolute atomic E-state index is 13.5. The predicted octanol–water partition coefficient (Wildman–Crippen LogP) is 10.6. The molecule has 0 atom stereocenters. The van der Waals surface area contributed by atoms with Crippen molar-refractivity contribution in [1.82, 2.24) is 9.80 Å². The summed E-state index contributed by atoms with van der Waals surface area (Å²) in [5, 5.41) is 0. The number of carbonyl (C=O) groups excluding carboxylic acids is 3. The van der Waals surface area contributed by atoms with Crippen LogP contribution in [0, 0.1) is 2.88 Å². The van der Waals surface area contributed by atoms with Gasteiger partial charge in [0.1, 0.15) is 0 Å². The molecule has 0 aliphatic carbocycles. The number of fused-ring (bicyclic) bond motifs is 1. The van der Waals surface area contributed by atoms with Crippen LogP contribution >= 0.6 is 11.3 Å². The number of ether oxygens (including phenoxy) is 1. The quantitative estimate of drug-likeness (QED) is 0.0219. The van der Waals surface area contributed by atoms with Crippen LogP contribution in [-0.4, -0.2) is 59.3 Å². The maximum atomic E-state index is 13.5. The Hall–Kier alpha value is -1.52. The van der Waals surface area contributed by atoms with E-state index in [1.54, 1.807) is 11.3 Å². The molecule has 8 heteroatoms. The van der Waals surface area contributed by atoms with Gasteiger partial charge in [-0.3, -0.25) is 0 Å². The zero-order valence-corrected chi connectivity index (χ0v) is 40.1. The summed E-state index contributed by atoms with van der Waals surface area (Å²) in [4.78, 5) is 45.2. The summed E-state index contributed by atoms with van der Waals surface area (Å²) in [7, 11) is 4.04. The summed E-state index contributed by atoms with van der Waals surface area (Å²) >= 11 is 0.660. The first-order valence-electron chi connectivity index (χ1n) is 23.6. The molecule has 57 heavy (non-hydrogen) atoms. The number of esters is 1. The fourth-order valence-corrected chi connectivity index (χ4v) is 12.3. The number of allylic oxidation sites excluding steroid dienone is 4. The zero-order valence-electron chi connectivity index (χ0n) is 37.2. The van der Waals surface area contributed by atoms with E-state index in [0.29, 0.717) is 48.3 Å². The number of carbonyl (C=O) groups is 3. The third kappa shape index (κ3) is 25.7. The summed E-state index contributed by atoms with van der Waals surface area (Å²) in [6.07, 6.45) is 44.5. The fourth-order valence-electron chi connectivity index (χ4n) is 7.45. The Bertz CT molecular complexity index is 1260. The van der Waals surface area contributed by atoms with Crippen LogP contribution in [0.2, 0.25) is 0 Å². The number of halogens is 1. The van der Waals surface area contributed by atoms with Gasteiger partial charge in [0, 0.05) is 0 Å². The van der Waals surface area contributed by atoms with E-state index in [1.807, 2.05) is 19.0 Å². The molecule has 6 nitrogen and oxygen atoms in total. The number of thiophene rings is 1. The molecule has 1 aliphatic rings. The second-order valence-corrected chi connectivity index (χ2v) is 21.3. The van der Waals surface area contributed by atoms with Crippen molar-refractivity contribution in [1.29, 1.82) is 0 Å². The molecule has 0 saturated carbocycles. The van der Waals surface area contributed by atoms with E-state index in [9.17, 15) is 14.4 Å². The van der Waals surface area contributed by atoms with E-state index in [4.69, 9.17) is 4.74 Å². The van der Waals surface area contributed by atoms with Gasteiger partial charge in [0.15, 0.2) is 0 Å². The van der Waals surface area contributed by atoms with Gasteiger partial charge in [-0.05, 0) is 19.3 Å². The summed E-state index contributed by atoms with van der Waals surface area (Å²) in [5.41, 5.74) is 1.70. The Kier molecular flexibility index (Phi) is 31.9. The monoisotopic (exact) mass is 924 g/mol. The molecular weight excluding hydrogens is 840 g/mol. The summed E-state index contributed by atoms with van der Waals surface area (Å²) in [6.45, 7) is 6.96. The van der Waals surface area contributed by atoms with Crippen molar-refractivity contribution in [2.45, 2.75) is 213 Å². The molecule has 0 aromatic carbocycles. The zero-order chi connectivity index (χ0) is 41.2. The van der Waals surface area contributed by atoms with Gasteiger partial charge in [0.05, 0.1) is 0 Å². The van der Waals surface area contributed by atoms with Gasteiger partial charge in [-0.2, -0.15) is 0 Å². The van der Waals surface area contributed by atoms with Gasteiger partial charge in [-0.25, -0.2) is 0 Å². The third-order valence-corrected chi connectivity index (χ3v) is 15.4. The van der Waals surface area contributed by atoms with Crippen LogP contribution in [-0.2, 0) is 27.3 Å². The fraction of sp³-hybridized carbons (Fsp3) is 0.776. The molecule has 0 unspecified atom stereocenters. The van der Waals surface area contributed by atoms with Gasteiger partial charge in [0.25, 0.3) is 0 Å². The minimum absolute atomic E-state index is 0.219. The van der Waals surface area contributed by atoms with Crippen LogP contribution in [0.4, 0.5) is 0 Å². The van der Waals surface area contributed by atoms with Crippen molar-refractivity contribution < 1.29 is 40.3 Å². The van der Waals surface area contributed by atoms with Crippen LogP contribution in [0.15, 0.2) is 24.3 Å². The summed E-state index contributed by atoms with van der Waals surface area (Å²) in [5.74, 6) is -0.0566. The van der Waals surface area contributed by atoms with Crippen molar-refractivity contribution in [3.05, 3.63) is 43.2 Å². The van der Waals surface area contributed by atoms with E-state index < -0.39 is 21.2 Å². The van der Waals surface area contributed by atoms with Gasteiger partial charge in [-0.1, -0.05) is 90.2 Å². The van der Waals surface area contributed by atoms with Gasteiger partial charge < -0.3 is 0 Å². The summed E-state index contributed by atoms with van der Waals surface area (Å²) in [6, 6.07) is 0. The van der Waals surface area contributed by atoms with Crippen LogP contribution in [0.5, 0.6) is 0 Å². The van der Waals surface area contributed by atoms with Gasteiger partial charge in [0.2, 0.25) is 0 Å². The molecule has 1 aromatic rings. The van der Waals surface area contributed by atoms with E-state index in [-0.39, 0.29) is 11.9 Å². The molecule has 2 rings (SSSR count). The van der Waals surface area contributed by atoms with Crippen LogP contribution in [0.25, 0.3) is 0 Å². The summed E-state index contributed by atoms with van der Waals surface area (Å²) < 4.78 is 7.04. The van der Waals surface area contributed by atoms with Crippen molar-refractivity contribution in [2.75, 3.05) is 33.8 Å². The third-order valence-electron chi connectivity index (χ3n) is 11.0. The molecule has 1 aromatic heterocycles. The van der Waals surface area contributed by atoms with E-state index >= 15 is 0 Å². The van der Waals surface area contributed by atoms with Crippen molar-refractivity contribution in [3.8, 4) is 0 Å². The van der Waals surface area contributed by atoms with Gasteiger partial charge in [-0.15, -0.1) is 0 Å². The standard InChI is InChI=1S/C49H84IN2O4S/c1-5-7-9-11-13-15-17-19-21-23-25-27-29-31-33-36-45(53)50-48-47(49(55)56-41-35-39-51(3)4)43-38-40-52(42-44(43)57-48)46(54)37-34-32-30-28-26-24-22-20-18-16-14-12-10-8-6-2/h19-22H,5-18,23-42H2,1-4H3/q-1/b21-19-,22-20-. The molecule has 1 amide bonds. The van der Waals surface area contributed by atoms with Crippen LogP contribution < -0.4 is 21.2 Å². The van der Waals surface area contributed by atoms with E-state index in [1.165, 1.54) is 135 Å². The first-order valence-corrected chi connectivity index (χ1v) is 26.6. The average molecular weight is 924 g/mol. The molecule has 2 heterocycles. The number of hydrogen-bond donors (Lipinski definition) is 0. The Balaban J connectivity index is 1.73. The van der Waals surface area contributed by atoms with Crippen molar-refractivity contribution in [2.24, 2.45) is 0 Å². The second-order valence-electron chi connectivity index (χ2n) is 16.6. The first-order chi connectivity index (χ1) is 27.9. The molecule has 1 aliphatic heterocycles. The molecule has 328 valence electrons. The van der Waals surface area contributed by atoms with E-state index in [0.717, 1.165) is 58.4 Å². The molecule has 0 saturated heterocycles. The number of hydrogen-bond acceptors (Lipinski definition) is 6. The first kappa shape index (κ1) is 51.6. The molecule has 0 bridgehead atoms. The predicted molar refractivity (Wildman–Crippen MR) is 240 cm³/mol. The number of nitrogens with zero attached hydrogens (tertiary/aromatic N) is 2. The molecule has 0 spiro atoms. The van der Waals surface area contributed by atoms with E-state index in [2.05, 4.69) is 43.1 Å². The van der Waals surface area contributed by atoms with Crippen molar-refractivity contribution in [3.63, 3.8) is 0 Å². The Morgan fingerprint density at radius 1 is 0.649 bits per heavy atom. The number of amides is 1. The average Bonchev–Trinajstić information content (AvgIpc) is 3.56. The van der Waals surface area contributed by atoms with Gasteiger partial charge >= 0.3 is 258 Å². The van der Waals surface area contributed by atoms with Crippen LogP contribution in [0.1, 0.15) is 221 Å². The van der Waals surface area contributed by atoms with Crippen molar-refractivity contribution >= 4 is 27.0 Å². The topological polar surface area (TPSA) is 66.9 Å². The number of rotatable bonds is 37. The second kappa shape index (κ2) is 35.3. The molecule has 0 radical (unpaired) electrons. The SMILES string of the molecule is CCCCCCCC/C=C\CCCCCCCC(=O)[I-]c1sc2c(c1C(=O)OCCCN(C)C)CCN(C(=O)CCCCCCC/C=C\CCCCCCCC)C2. The molecular formula is C49H84IN2O4S-. The Morgan fingerprint density at radius 3 is 1.63 bits per heavy atom. The molecule has 0 fully saturated rings. The minimum atomic E-state index is -0.950. The molecule has 0 N–H and O–H groups in total.